The van der Waals surface area contributed by atoms with E-state index < -0.39 is 29.3 Å². The Hall–Kier alpha value is -4.55. The van der Waals surface area contributed by atoms with E-state index in [0.717, 1.165) is 60.1 Å². The topological polar surface area (TPSA) is 140 Å². The number of carbonyl (C=O) groups is 1. The van der Waals surface area contributed by atoms with Crippen molar-refractivity contribution in [1.29, 1.82) is 5.26 Å². The summed E-state index contributed by atoms with van der Waals surface area (Å²) in [6.45, 7) is 3.72. The highest BCUT2D eigenvalue weighted by Crippen LogP contribution is 2.46. The summed E-state index contributed by atoms with van der Waals surface area (Å²) in [5, 5.41) is 31.3. The third-order valence-electron chi connectivity index (χ3n) is 10.8. The van der Waals surface area contributed by atoms with Crippen LogP contribution in [0.15, 0.2) is 65.6 Å². The molecule has 1 aliphatic heterocycles. The molecule has 2 aromatic heterocycles. The van der Waals surface area contributed by atoms with Crippen LogP contribution in [0.3, 0.4) is 0 Å². The maximum atomic E-state index is 14.3. The number of aliphatic hydroxyl groups excluding tert-OH is 1. The Kier molecular flexibility index (Phi) is 10.1. The Balaban J connectivity index is 1.27. The number of nitriles is 1. The van der Waals surface area contributed by atoms with Crippen molar-refractivity contribution in [3.8, 4) is 28.8 Å². The molecule has 3 heterocycles. The van der Waals surface area contributed by atoms with Crippen LogP contribution < -0.4 is 16.2 Å². The van der Waals surface area contributed by atoms with E-state index in [1.807, 2.05) is 0 Å². The van der Waals surface area contributed by atoms with Gasteiger partial charge in [0, 0.05) is 31.6 Å². The maximum absolute atomic E-state index is 14.3. The molecule has 4 aromatic rings. The quantitative estimate of drug-likeness (QED) is 0.0839. The molecule has 2 fully saturated rings. The number of carbonyl (C=O) groups excluding carboxylic acids is 1. The monoisotopic (exact) mass is 719 g/mol. The normalized spacial score (nSPS) is 22.6. The van der Waals surface area contributed by atoms with E-state index >= 15 is 0 Å². The second kappa shape index (κ2) is 14.1. The SMILES string of the molecule is Cn1c(-c2ccnn2-c2ccc(C#N)cc2)c(C(=O)CC2N[C@]2(C)C2CCC(C(O)NCC[N+](C)(C)C)CC2)c(=O)n1-c1cccc(C(F)(F)F)c1. The van der Waals surface area contributed by atoms with Gasteiger partial charge in [0.25, 0.3) is 5.56 Å². The molecule has 0 radical (unpaired) electrons. The van der Waals surface area contributed by atoms with Crippen LogP contribution in [0.2, 0.25) is 0 Å². The average molecular weight is 720 g/mol. The lowest BCUT2D eigenvalue weighted by Crippen LogP contribution is -2.46. The number of ketones is 1. The average Bonchev–Trinajstić information content (AvgIpc) is 3.39. The van der Waals surface area contributed by atoms with Crippen LogP contribution >= 0.6 is 0 Å². The van der Waals surface area contributed by atoms with Crippen molar-refractivity contribution in [2.24, 2.45) is 18.9 Å². The van der Waals surface area contributed by atoms with Crippen molar-refractivity contribution in [2.75, 3.05) is 34.2 Å². The predicted octanol–water partition coefficient (Wildman–Crippen LogP) is 4.64. The molecule has 276 valence electrons. The van der Waals surface area contributed by atoms with E-state index in [0.29, 0.717) is 16.9 Å². The second-order valence-corrected chi connectivity index (χ2v) is 15.3. The molecule has 3 N–H and O–H groups in total. The van der Waals surface area contributed by atoms with Crippen LogP contribution in [0, 0.1) is 23.2 Å². The molecule has 2 aromatic carbocycles. The summed E-state index contributed by atoms with van der Waals surface area (Å²) >= 11 is 0. The van der Waals surface area contributed by atoms with Gasteiger partial charge in [-0.15, -0.1) is 0 Å². The first-order valence-corrected chi connectivity index (χ1v) is 17.6. The lowest BCUT2D eigenvalue weighted by molar-refractivity contribution is -0.869. The zero-order valence-electron chi connectivity index (χ0n) is 30.1. The van der Waals surface area contributed by atoms with Crippen LogP contribution in [0.5, 0.6) is 0 Å². The predicted molar refractivity (Wildman–Crippen MR) is 190 cm³/mol. The van der Waals surface area contributed by atoms with E-state index in [2.05, 4.69) is 49.9 Å². The number of rotatable bonds is 12. The van der Waals surface area contributed by atoms with Gasteiger partial charge < -0.3 is 14.9 Å². The highest BCUT2D eigenvalue weighted by Gasteiger charge is 2.55. The minimum absolute atomic E-state index is 0.0194. The highest BCUT2D eigenvalue weighted by atomic mass is 19.4. The lowest BCUT2D eigenvalue weighted by atomic mass is 9.73. The number of hydrogen-bond acceptors (Lipinski definition) is 7. The first kappa shape index (κ1) is 37.2. The lowest BCUT2D eigenvalue weighted by Gasteiger charge is -2.35. The molecule has 1 saturated heterocycles. The van der Waals surface area contributed by atoms with Crippen molar-refractivity contribution in [3.63, 3.8) is 0 Å². The highest BCUT2D eigenvalue weighted by molar-refractivity contribution is 6.02. The summed E-state index contributed by atoms with van der Waals surface area (Å²) in [6.07, 6.45) is -0.201. The van der Waals surface area contributed by atoms with E-state index in [1.54, 1.807) is 30.3 Å². The van der Waals surface area contributed by atoms with Crippen LogP contribution in [0.4, 0.5) is 13.2 Å². The summed E-state index contributed by atoms with van der Waals surface area (Å²) in [7, 11) is 7.87. The smallest absolute Gasteiger partial charge is 0.378 e. The Morgan fingerprint density at radius 2 is 1.81 bits per heavy atom. The Bertz CT molecular complexity index is 2030. The van der Waals surface area contributed by atoms with Crippen molar-refractivity contribution >= 4 is 5.78 Å². The Labute approximate surface area is 300 Å². The summed E-state index contributed by atoms with van der Waals surface area (Å²) < 4.78 is 46.1. The second-order valence-electron chi connectivity index (χ2n) is 15.3. The van der Waals surface area contributed by atoms with Crippen molar-refractivity contribution in [2.45, 2.75) is 63.0 Å². The van der Waals surface area contributed by atoms with Gasteiger partial charge in [-0.1, -0.05) is 6.07 Å². The van der Waals surface area contributed by atoms with Gasteiger partial charge in [-0.3, -0.25) is 19.6 Å². The number of Topliss-reactive ketones (excluding diaryl/α,β-unsaturated/α-hetero) is 1. The molecule has 0 spiro atoms. The molecule has 14 heteroatoms. The number of aliphatic hydroxyl groups is 1. The van der Waals surface area contributed by atoms with Gasteiger partial charge in [0.05, 0.1) is 73.8 Å². The van der Waals surface area contributed by atoms with Crippen molar-refractivity contribution in [3.05, 3.63) is 87.8 Å². The van der Waals surface area contributed by atoms with Crippen LogP contribution in [-0.4, -0.2) is 86.6 Å². The van der Waals surface area contributed by atoms with Gasteiger partial charge in [0.1, 0.15) is 11.8 Å². The molecule has 2 aliphatic rings. The van der Waals surface area contributed by atoms with Gasteiger partial charge in [-0.2, -0.15) is 23.5 Å². The zero-order chi connectivity index (χ0) is 37.6. The Morgan fingerprint density at radius 1 is 1.12 bits per heavy atom. The summed E-state index contributed by atoms with van der Waals surface area (Å²) in [5.41, 5.74) is -0.557. The number of quaternary nitrogens is 1. The maximum Gasteiger partial charge on any atom is 0.416 e. The molecule has 1 saturated carbocycles. The van der Waals surface area contributed by atoms with E-state index in [1.165, 1.54) is 34.7 Å². The minimum atomic E-state index is -4.64. The van der Waals surface area contributed by atoms with Gasteiger partial charge >= 0.3 is 6.18 Å². The number of nitrogens with zero attached hydrogens (tertiary/aromatic N) is 6. The molecule has 2 unspecified atom stereocenters. The van der Waals surface area contributed by atoms with Gasteiger partial charge in [-0.25, -0.2) is 9.36 Å². The molecule has 1 aliphatic carbocycles. The number of halogens is 3. The van der Waals surface area contributed by atoms with E-state index in [-0.39, 0.29) is 46.8 Å². The molecule has 3 atom stereocenters. The minimum Gasteiger partial charge on any atom is -0.378 e. The first-order chi connectivity index (χ1) is 24.5. The number of aromatic nitrogens is 4. The molecular formula is C38H46F3N8O3+. The summed E-state index contributed by atoms with van der Waals surface area (Å²) in [4.78, 5) is 28.6. The summed E-state index contributed by atoms with van der Waals surface area (Å²) in [5.74, 6) is -0.0104. The molecule has 0 bridgehead atoms. The number of hydrogen-bond donors (Lipinski definition) is 3. The Morgan fingerprint density at radius 3 is 2.44 bits per heavy atom. The first-order valence-electron chi connectivity index (χ1n) is 17.6. The van der Waals surface area contributed by atoms with E-state index in [9.17, 15) is 33.1 Å². The van der Waals surface area contributed by atoms with Crippen molar-refractivity contribution in [1.82, 2.24) is 29.8 Å². The van der Waals surface area contributed by atoms with Gasteiger partial charge in [-0.05, 0) is 93.0 Å². The van der Waals surface area contributed by atoms with Crippen LogP contribution in [-0.2, 0) is 13.2 Å². The molecular weight excluding hydrogens is 673 g/mol. The largest absolute Gasteiger partial charge is 0.416 e. The van der Waals surface area contributed by atoms with Crippen LogP contribution in [0.1, 0.15) is 60.5 Å². The zero-order valence-corrected chi connectivity index (χ0v) is 30.1. The number of benzene rings is 2. The van der Waals surface area contributed by atoms with Crippen molar-refractivity contribution < 1.29 is 27.6 Å². The third kappa shape index (κ3) is 7.50. The number of likely N-dealkylation sites (N-methyl/N-ethyl adjacent to an activating group) is 1. The number of nitrogens with one attached hydrogen (secondary N) is 2. The van der Waals surface area contributed by atoms with Gasteiger partial charge in [0.15, 0.2) is 5.78 Å². The summed E-state index contributed by atoms with van der Waals surface area (Å²) in [6, 6.07) is 14.6. The fraction of sp³-hybridized carbons (Fsp3) is 0.474. The molecule has 11 nitrogen and oxygen atoms in total. The van der Waals surface area contributed by atoms with Crippen LogP contribution in [0.25, 0.3) is 22.8 Å². The number of alkyl halides is 3. The molecule has 52 heavy (non-hydrogen) atoms. The van der Waals surface area contributed by atoms with Gasteiger partial charge in [0.2, 0.25) is 0 Å². The van der Waals surface area contributed by atoms with E-state index in [4.69, 9.17) is 0 Å². The molecule has 6 rings (SSSR count). The molecule has 0 amide bonds. The fourth-order valence-electron chi connectivity index (χ4n) is 7.66. The third-order valence-corrected chi connectivity index (χ3v) is 10.8. The fourth-order valence-corrected chi connectivity index (χ4v) is 7.66. The standard InChI is InChI=1S/C38H46F3N8O3/c1-37(26-13-11-25(12-14-26)35(51)43-19-20-49(3,4)5)32(45-37)22-31(50)33-34(30-17-18-44-47(30)28-15-9-24(23-42)10-16-28)46(2)48(36(33)52)29-8-6-7-27(21-29)38(39,40)41/h6-10,15-18,21,25-26,32,35,43,45,51H,11-14,19-20,22H2,1-5H3/q+1/t25?,26?,32?,35?,37-/m1/s1.